The highest BCUT2D eigenvalue weighted by atomic mass is 16.5. The van der Waals surface area contributed by atoms with E-state index in [1.165, 1.54) is 0 Å². The Morgan fingerprint density at radius 1 is 0.676 bits per heavy atom. The van der Waals surface area contributed by atoms with E-state index in [-0.39, 0.29) is 24.9 Å². The number of nitrogens with two attached hydrogens (primary N) is 1. The first-order chi connectivity index (χ1) is 34.6. The van der Waals surface area contributed by atoms with E-state index in [1.54, 1.807) is 12.1 Å². The number of imide groups is 2. The summed E-state index contributed by atoms with van der Waals surface area (Å²) in [4.78, 5) is 87.6. The lowest BCUT2D eigenvalue weighted by Gasteiger charge is -2.43. The Labute approximate surface area is 414 Å². The number of hydrogen-bond acceptors (Lipinski definition) is 11. The van der Waals surface area contributed by atoms with Gasteiger partial charge in [-0.1, -0.05) is 18.2 Å². The maximum absolute atomic E-state index is 13.8. The molecule has 0 radical (unpaired) electrons. The van der Waals surface area contributed by atoms with Gasteiger partial charge in [0.15, 0.2) is 0 Å². The molecule has 2 unspecified atom stereocenters. The molecule has 5 fully saturated rings. The number of primary amides is 1. The van der Waals surface area contributed by atoms with Crippen molar-refractivity contribution in [3.63, 3.8) is 0 Å². The minimum atomic E-state index is -0.976. The maximum Gasteiger partial charge on any atom is 0.319 e. The molecule has 4 aromatic rings. The Balaban J connectivity index is 0.613. The zero-order chi connectivity index (χ0) is 48.8. The number of piperidine rings is 5. The number of rotatable bonds is 10. The van der Waals surface area contributed by atoms with Gasteiger partial charge in [0.1, 0.15) is 34.6 Å². The molecular formula is C54H64N10O7. The van der Waals surface area contributed by atoms with Crippen molar-refractivity contribution in [2.24, 2.45) is 29.4 Å². The predicted molar refractivity (Wildman–Crippen MR) is 266 cm³/mol. The second-order valence-corrected chi connectivity index (χ2v) is 20.8. The van der Waals surface area contributed by atoms with E-state index in [0.717, 1.165) is 151 Å². The van der Waals surface area contributed by atoms with Crippen LogP contribution in [0.2, 0.25) is 0 Å². The molecule has 4 N–H and O–H groups in total. The molecule has 3 aromatic carbocycles. The van der Waals surface area contributed by atoms with Gasteiger partial charge in [-0.25, -0.2) is 9.48 Å². The van der Waals surface area contributed by atoms with Crippen LogP contribution in [0.15, 0.2) is 72.8 Å². The van der Waals surface area contributed by atoms with Crippen molar-refractivity contribution < 1.29 is 33.5 Å². The van der Waals surface area contributed by atoms with Crippen LogP contribution in [0.25, 0.3) is 11.3 Å². The van der Waals surface area contributed by atoms with Crippen molar-refractivity contribution in [3.05, 3.63) is 89.5 Å². The highest BCUT2D eigenvalue weighted by molar-refractivity contribution is 6.23. The second-order valence-electron chi connectivity index (χ2n) is 20.8. The van der Waals surface area contributed by atoms with Gasteiger partial charge in [-0.3, -0.25) is 34.2 Å². The average molecular weight is 965 g/mol. The fraction of sp³-hybridized carbons (Fsp3) is 0.500. The fourth-order valence-corrected chi connectivity index (χ4v) is 12.7. The molecule has 5 saturated heterocycles. The number of amides is 7. The lowest BCUT2D eigenvalue weighted by atomic mass is 9.78. The first-order valence-corrected chi connectivity index (χ1v) is 25.9. The molecule has 0 spiro atoms. The quantitative estimate of drug-likeness (QED) is 0.150. The van der Waals surface area contributed by atoms with Crippen molar-refractivity contribution in [2.45, 2.75) is 82.7 Å². The van der Waals surface area contributed by atoms with Gasteiger partial charge in [0.25, 0.3) is 17.7 Å². The zero-order valence-corrected chi connectivity index (χ0v) is 40.3. The molecule has 1 aromatic heterocycles. The van der Waals surface area contributed by atoms with E-state index in [4.69, 9.17) is 15.6 Å². The van der Waals surface area contributed by atoms with E-state index in [0.29, 0.717) is 51.8 Å². The van der Waals surface area contributed by atoms with E-state index < -0.39 is 35.6 Å². The van der Waals surface area contributed by atoms with Crippen molar-refractivity contribution in [2.75, 3.05) is 75.7 Å². The number of ether oxygens (including phenoxy) is 1. The van der Waals surface area contributed by atoms with Crippen LogP contribution in [0.5, 0.6) is 11.5 Å². The average Bonchev–Trinajstić information content (AvgIpc) is 3.91. The molecule has 7 aliphatic rings. The number of likely N-dealkylation sites (tertiary alicyclic amines) is 3. The van der Waals surface area contributed by atoms with Crippen LogP contribution in [-0.4, -0.2) is 136 Å². The first-order valence-electron chi connectivity index (χ1n) is 25.9. The summed E-state index contributed by atoms with van der Waals surface area (Å²) in [6, 6.07) is 22.1. The smallest absolute Gasteiger partial charge is 0.319 e. The molecule has 71 heavy (non-hydrogen) atoms. The third-order valence-electron chi connectivity index (χ3n) is 16.7. The summed E-state index contributed by atoms with van der Waals surface area (Å²) in [5.74, 6) is 1.89. The Morgan fingerprint density at radius 2 is 1.31 bits per heavy atom. The van der Waals surface area contributed by atoms with Crippen LogP contribution in [0.1, 0.15) is 108 Å². The van der Waals surface area contributed by atoms with Gasteiger partial charge < -0.3 is 35.4 Å². The van der Waals surface area contributed by atoms with Gasteiger partial charge in [0, 0.05) is 70.0 Å². The molecular weight excluding hydrogens is 901 g/mol. The predicted octanol–water partition coefficient (Wildman–Crippen LogP) is 6.37. The van der Waals surface area contributed by atoms with Crippen LogP contribution >= 0.6 is 0 Å². The van der Waals surface area contributed by atoms with Gasteiger partial charge in [-0.05, 0) is 156 Å². The number of carbonyl (C=O) groups is 6. The van der Waals surface area contributed by atoms with Crippen LogP contribution in [0.3, 0.4) is 0 Å². The van der Waals surface area contributed by atoms with Gasteiger partial charge >= 0.3 is 6.03 Å². The van der Waals surface area contributed by atoms with E-state index in [1.807, 2.05) is 65.3 Å². The minimum Gasteiger partial charge on any atom is -0.457 e. The lowest BCUT2D eigenvalue weighted by Crippen LogP contribution is -2.54. The molecule has 0 saturated carbocycles. The Kier molecular flexibility index (Phi) is 13.0. The highest BCUT2D eigenvalue weighted by Crippen LogP contribution is 2.41. The number of aromatic nitrogens is 2. The van der Waals surface area contributed by atoms with Crippen molar-refractivity contribution in [1.29, 1.82) is 0 Å². The number of carbonyl (C=O) groups excluding carboxylic acids is 6. The van der Waals surface area contributed by atoms with Crippen LogP contribution in [-0.2, 0) is 9.59 Å². The minimum absolute atomic E-state index is 0.0910. The van der Waals surface area contributed by atoms with Crippen molar-refractivity contribution >= 4 is 47.1 Å². The van der Waals surface area contributed by atoms with Crippen LogP contribution < -0.4 is 26.0 Å². The normalized spacial score (nSPS) is 23.1. The number of urea groups is 1. The van der Waals surface area contributed by atoms with Gasteiger partial charge in [-0.15, -0.1) is 0 Å². The van der Waals surface area contributed by atoms with E-state index in [9.17, 15) is 28.8 Å². The molecule has 17 heteroatoms. The van der Waals surface area contributed by atoms with Gasteiger partial charge in [-0.2, -0.15) is 5.10 Å². The Hall–Kier alpha value is -6.75. The molecule has 0 aliphatic carbocycles. The molecule has 7 aliphatic heterocycles. The lowest BCUT2D eigenvalue weighted by molar-refractivity contribution is -0.136. The molecule has 11 rings (SSSR count). The summed E-state index contributed by atoms with van der Waals surface area (Å²) in [6.07, 6.45) is 9.43. The molecule has 0 bridgehead atoms. The number of nitrogens with one attached hydrogen (secondary N) is 2. The zero-order valence-electron chi connectivity index (χ0n) is 40.3. The summed E-state index contributed by atoms with van der Waals surface area (Å²) in [7, 11) is 0. The highest BCUT2D eigenvalue weighted by Gasteiger charge is 2.45. The number of nitrogens with zero attached hydrogens (tertiary/aromatic N) is 7. The standard InChI is InChI=1S/C54H64N10O7/c55-49(66)47-48(38-6-9-41(10-7-38)71-40-4-2-1-3-5-40)58-64-44(14-23-56-50(47)64)37-17-24-59(25-18-37)33-34-15-26-61(27-16-34)54(70)62-30-21-36(22-31-62)35-19-28-60(29-20-35)39-8-11-42-43(32-39)53(69)63(52(42)68)45-12-13-46(65)57-51(45)67/h1-11,32,34-37,44-45,56H,12-31,33H2,(H2,55,66)(H,57,65,67). The summed E-state index contributed by atoms with van der Waals surface area (Å²) in [5.41, 5.74) is 9.38. The summed E-state index contributed by atoms with van der Waals surface area (Å²) >= 11 is 0. The van der Waals surface area contributed by atoms with E-state index in [2.05, 4.69) is 30.2 Å². The molecule has 8 heterocycles. The topological polar surface area (TPSA) is 196 Å². The molecule has 7 amide bonds. The number of hydrogen-bond donors (Lipinski definition) is 3. The SMILES string of the molecule is NC(=O)c1c(-c2ccc(Oc3ccccc3)cc2)nn2c1NCCC2C1CCN(CC2CCN(C(=O)N3CCC(C4CCN(c5ccc6c(c5)C(=O)N(C5CCC(=O)NC5=O)C6=O)CC4)CC3)CC2)CC1. The number of para-hydroxylation sites is 1. The number of anilines is 2. The summed E-state index contributed by atoms with van der Waals surface area (Å²) < 4.78 is 8.04. The molecule has 2 atom stereocenters. The molecule has 17 nitrogen and oxygen atoms in total. The largest absolute Gasteiger partial charge is 0.457 e. The third-order valence-corrected chi connectivity index (χ3v) is 16.7. The summed E-state index contributed by atoms with van der Waals surface area (Å²) in [5, 5.41) is 10.8. The van der Waals surface area contributed by atoms with Crippen molar-refractivity contribution in [3.8, 4) is 22.8 Å². The fourth-order valence-electron chi connectivity index (χ4n) is 12.7. The Morgan fingerprint density at radius 3 is 1.99 bits per heavy atom. The third kappa shape index (κ3) is 9.36. The monoisotopic (exact) mass is 964 g/mol. The van der Waals surface area contributed by atoms with Gasteiger partial charge in [0.2, 0.25) is 11.8 Å². The maximum atomic E-state index is 13.8. The second kappa shape index (κ2) is 19.8. The summed E-state index contributed by atoms with van der Waals surface area (Å²) in [6.45, 7) is 8.78. The first kappa shape index (κ1) is 46.6. The van der Waals surface area contributed by atoms with Crippen LogP contribution in [0.4, 0.5) is 16.3 Å². The van der Waals surface area contributed by atoms with E-state index >= 15 is 0 Å². The van der Waals surface area contributed by atoms with Crippen LogP contribution in [0, 0.1) is 23.7 Å². The number of fused-ring (bicyclic) bond motifs is 2. The number of benzene rings is 3. The Bertz CT molecular complexity index is 2680. The van der Waals surface area contributed by atoms with Crippen molar-refractivity contribution in [1.82, 2.24) is 34.7 Å². The van der Waals surface area contributed by atoms with Gasteiger partial charge in [0.05, 0.1) is 17.2 Å². The molecule has 372 valence electrons.